The van der Waals surface area contributed by atoms with E-state index in [0.29, 0.717) is 50.2 Å². The second-order valence-electron chi connectivity index (χ2n) is 8.08. The van der Waals surface area contributed by atoms with Crippen LogP contribution in [-0.4, -0.2) is 66.4 Å². The first-order valence-corrected chi connectivity index (χ1v) is 9.81. The summed E-state index contributed by atoms with van der Waals surface area (Å²) >= 11 is 0. The highest BCUT2D eigenvalue weighted by Crippen LogP contribution is 2.30. The Morgan fingerprint density at radius 1 is 1.21 bits per heavy atom. The van der Waals surface area contributed by atoms with E-state index >= 15 is 0 Å². The number of carbonyl (C=O) groups is 1. The monoisotopic (exact) mass is 385 g/mol. The molecule has 2 aliphatic heterocycles. The van der Waals surface area contributed by atoms with E-state index in [1.54, 1.807) is 12.1 Å². The van der Waals surface area contributed by atoms with Gasteiger partial charge >= 0.3 is 0 Å². The SMILES string of the molecule is CC1CC(C)CN(C(=O)CN2CCN(c3ccc(C#N)cc3[N+](=O)[O-])CC2)C1. The summed E-state index contributed by atoms with van der Waals surface area (Å²) in [5.41, 5.74) is 0.776. The maximum atomic E-state index is 12.7. The smallest absolute Gasteiger partial charge is 0.293 e. The number of anilines is 1. The number of piperazine rings is 1. The summed E-state index contributed by atoms with van der Waals surface area (Å²) in [6.45, 7) is 9.06. The highest BCUT2D eigenvalue weighted by atomic mass is 16.6. The normalized spacial score (nSPS) is 23.3. The number of carbonyl (C=O) groups excluding carboxylic acids is 1. The zero-order chi connectivity index (χ0) is 20.3. The van der Waals surface area contributed by atoms with E-state index < -0.39 is 4.92 Å². The predicted molar refractivity (Wildman–Crippen MR) is 106 cm³/mol. The molecule has 8 heteroatoms. The molecule has 0 radical (unpaired) electrons. The molecule has 2 fully saturated rings. The van der Waals surface area contributed by atoms with E-state index in [0.717, 1.165) is 13.1 Å². The van der Waals surface area contributed by atoms with Crippen molar-refractivity contribution >= 4 is 17.3 Å². The van der Waals surface area contributed by atoms with Gasteiger partial charge in [0, 0.05) is 45.3 Å². The van der Waals surface area contributed by atoms with Crippen molar-refractivity contribution in [3.63, 3.8) is 0 Å². The van der Waals surface area contributed by atoms with Gasteiger partial charge in [0.15, 0.2) is 0 Å². The van der Waals surface area contributed by atoms with Crippen LogP contribution in [0.1, 0.15) is 25.8 Å². The molecule has 0 aliphatic carbocycles. The van der Waals surface area contributed by atoms with Crippen molar-refractivity contribution < 1.29 is 9.72 Å². The Labute approximate surface area is 165 Å². The largest absolute Gasteiger partial charge is 0.363 e. The average Bonchev–Trinajstić information content (AvgIpc) is 2.67. The molecule has 8 nitrogen and oxygen atoms in total. The molecular weight excluding hydrogens is 358 g/mol. The van der Waals surface area contributed by atoms with E-state index in [1.165, 1.54) is 12.5 Å². The lowest BCUT2D eigenvalue weighted by Crippen LogP contribution is -2.52. The lowest BCUT2D eigenvalue weighted by Gasteiger charge is -2.38. The molecule has 28 heavy (non-hydrogen) atoms. The number of rotatable bonds is 4. The van der Waals surface area contributed by atoms with Crippen LogP contribution in [0.25, 0.3) is 0 Å². The minimum absolute atomic E-state index is 0.0418. The number of amides is 1. The fraction of sp³-hybridized carbons (Fsp3) is 0.600. The Bertz CT molecular complexity index is 773. The van der Waals surface area contributed by atoms with Crippen LogP contribution >= 0.6 is 0 Å². The van der Waals surface area contributed by atoms with Crippen molar-refractivity contribution in [1.82, 2.24) is 9.80 Å². The fourth-order valence-electron chi connectivity index (χ4n) is 4.31. The molecule has 2 atom stereocenters. The molecule has 2 aliphatic rings. The van der Waals surface area contributed by atoms with Crippen molar-refractivity contribution in [2.75, 3.05) is 50.7 Å². The van der Waals surface area contributed by atoms with Crippen LogP contribution in [0.15, 0.2) is 18.2 Å². The van der Waals surface area contributed by atoms with Gasteiger partial charge in [0.1, 0.15) is 5.69 Å². The molecule has 150 valence electrons. The van der Waals surface area contributed by atoms with E-state index in [4.69, 9.17) is 5.26 Å². The van der Waals surface area contributed by atoms with Crippen LogP contribution in [0.2, 0.25) is 0 Å². The molecule has 0 bridgehead atoms. The lowest BCUT2D eigenvalue weighted by atomic mass is 9.92. The molecule has 2 unspecified atom stereocenters. The van der Waals surface area contributed by atoms with E-state index in [2.05, 4.69) is 18.7 Å². The molecule has 0 saturated carbocycles. The van der Waals surface area contributed by atoms with Gasteiger partial charge in [0.05, 0.1) is 23.1 Å². The number of hydrogen-bond donors (Lipinski definition) is 0. The molecule has 1 amide bonds. The van der Waals surface area contributed by atoms with Gasteiger partial charge < -0.3 is 9.80 Å². The number of nitro groups is 1. The van der Waals surface area contributed by atoms with Crippen molar-refractivity contribution in [1.29, 1.82) is 5.26 Å². The standard InChI is InChI=1S/C20H27N5O3/c1-15-9-16(2)13-24(12-15)20(26)14-22-5-7-23(8-6-22)18-4-3-17(11-21)10-19(18)25(27)28/h3-4,10,15-16H,5-9,12-14H2,1-2H3. The fourth-order valence-corrected chi connectivity index (χ4v) is 4.31. The van der Waals surface area contributed by atoms with Gasteiger partial charge in [-0.3, -0.25) is 19.8 Å². The molecule has 1 aromatic carbocycles. The Balaban J connectivity index is 1.58. The maximum absolute atomic E-state index is 12.7. The molecular formula is C20H27N5O3. The highest BCUT2D eigenvalue weighted by molar-refractivity contribution is 5.78. The molecule has 2 saturated heterocycles. The van der Waals surface area contributed by atoms with Gasteiger partial charge in [0.25, 0.3) is 5.69 Å². The summed E-state index contributed by atoms with van der Waals surface area (Å²) < 4.78 is 0. The Hall–Kier alpha value is -2.66. The van der Waals surface area contributed by atoms with Gasteiger partial charge in [-0.15, -0.1) is 0 Å². The summed E-state index contributed by atoms with van der Waals surface area (Å²) in [7, 11) is 0. The van der Waals surface area contributed by atoms with Crippen LogP contribution in [0.3, 0.4) is 0 Å². The summed E-state index contributed by atoms with van der Waals surface area (Å²) in [5, 5.41) is 20.4. The lowest BCUT2D eigenvalue weighted by molar-refractivity contribution is -0.384. The van der Waals surface area contributed by atoms with Crippen LogP contribution in [0.5, 0.6) is 0 Å². The zero-order valence-corrected chi connectivity index (χ0v) is 16.5. The first kappa shape index (κ1) is 20.1. The number of hydrogen-bond acceptors (Lipinski definition) is 6. The van der Waals surface area contributed by atoms with E-state index in [-0.39, 0.29) is 17.2 Å². The second kappa shape index (κ2) is 8.57. The number of nitriles is 1. The van der Waals surface area contributed by atoms with Crippen molar-refractivity contribution in [2.24, 2.45) is 11.8 Å². The minimum atomic E-state index is -0.440. The van der Waals surface area contributed by atoms with Gasteiger partial charge in [0.2, 0.25) is 5.91 Å². The molecule has 3 rings (SSSR count). The predicted octanol–water partition coefficient (Wildman–Crippen LogP) is 2.09. The van der Waals surface area contributed by atoms with Crippen molar-refractivity contribution in [2.45, 2.75) is 20.3 Å². The quantitative estimate of drug-likeness (QED) is 0.582. The number of nitrogens with zero attached hydrogens (tertiary/aromatic N) is 5. The Kier molecular flexibility index (Phi) is 6.15. The van der Waals surface area contributed by atoms with Gasteiger partial charge in [-0.25, -0.2) is 0 Å². The maximum Gasteiger partial charge on any atom is 0.293 e. The van der Waals surface area contributed by atoms with Crippen LogP contribution in [0.4, 0.5) is 11.4 Å². The molecule has 1 aromatic rings. The Morgan fingerprint density at radius 2 is 1.86 bits per heavy atom. The van der Waals surface area contributed by atoms with Crippen molar-refractivity contribution in [3.8, 4) is 6.07 Å². The summed E-state index contributed by atoms with van der Waals surface area (Å²) in [6, 6.07) is 6.52. The topological polar surface area (TPSA) is 93.7 Å². The number of nitro benzene ring substituents is 1. The van der Waals surface area contributed by atoms with E-state index in [1.807, 2.05) is 15.9 Å². The van der Waals surface area contributed by atoms with Crippen LogP contribution in [0, 0.1) is 33.3 Å². The first-order valence-electron chi connectivity index (χ1n) is 9.81. The third-order valence-corrected chi connectivity index (χ3v) is 5.59. The summed E-state index contributed by atoms with van der Waals surface area (Å²) in [4.78, 5) is 29.7. The molecule has 2 heterocycles. The van der Waals surface area contributed by atoms with Crippen LogP contribution in [-0.2, 0) is 4.79 Å². The average molecular weight is 385 g/mol. The second-order valence-corrected chi connectivity index (χ2v) is 8.08. The van der Waals surface area contributed by atoms with Crippen LogP contribution < -0.4 is 4.90 Å². The number of likely N-dealkylation sites (tertiary alicyclic amines) is 1. The summed E-state index contributed by atoms with van der Waals surface area (Å²) in [5.74, 6) is 1.26. The number of piperidine rings is 1. The zero-order valence-electron chi connectivity index (χ0n) is 16.5. The molecule has 0 aromatic heterocycles. The van der Waals surface area contributed by atoms with Gasteiger partial charge in [-0.05, 0) is 30.4 Å². The minimum Gasteiger partial charge on any atom is -0.363 e. The number of benzene rings is 1. The first-order chi connectivity index (χ1) is 13.4. The molecule has 0 spiro atoms. The van der Waals surface area contributed by atoms with Gasteiger partial charge in [-0.2, -0.15) is 5.26 Å². The van der Waals surface area contributed by atoms with Crippen molar-refractivity contribution in [3.05, 3.63) is 33.9 Å². The Morgan fingerprint density at radius 3 is 2.43 bits per heavy atom. The van der Waals surface area contributed by atoms with E-state index in [9.17, 15) is 14.9 Å². The van der Waals surface area contributed by atoms with Gasteiger partial charge in [-0.1, -0.05) is 13.8 Å². The third kappa shape index (κ3) is 4.60. The molecule has 0 N–H and O–H groups in total. The highest BCUT2D eigenvalue weighted by Gasteiger charge is 2.29. The third-order valence-electron chi connectivity index (χ3n) is 5.59. The summed E-state index contributed by atoms with van der Waals surface area (Å²) in [6.07, 6.45) is 1.17.